The molecule has 1 N–H and O–H groups in total. The van der Waals surface area contributed by atoms with Gasteiger partial charge in [-0.25, -0.2) is 13.4 Å². The molecule has 1 heterocycles. The van der Waals surface area contributed by atoms with Crippen molar-refractivity contribution in [1.29, 1.82) is 0 Å². The predicted molar refractivity (Wildman–Crippen MR) is 93.6 cm³/mol. The van der Waals surface area contributed by atoms with Crippen molar-refractivity contribution in [3.8, 4) is 0 Å². The highest BCUT2D eigenvalue weighted by atomic mass is 32.2. The third-order valence-electron chi connectivity index (χ3n) is 3.86. The number of carbonyl (C=O) groups excluding carboxylic acids is 1. The maximum atomic E-state index is 12.7. The molecule has 0 radical (unpaired) electrons. The van der Waals surface area contributed by atoms with Crippen molar-refractivity contribution < 1.29 is 13.2 Å². The van der Waals surface area contributed by atoms with E-state index in [9.17, 15) is 13.2 Å². The summed E-state index contributed by atoms with van der Waals surface area (Å²) in [5.41, 5.74) is 1.73. The Morgan fingerprint density at radius 2 is 1.92 bits per heavy atom. The number of nitrogens with one attached hydrogen (secondary N) is 1. The first-order valence-corrected chi connectivity index (χ1v) is 9.59. The second-order valence-electron chi connectivity index (χ2n) is 5.63. The molecule has 1 atom stereocenters. The summed E-state index contributed by atoms with van der Waals surface area (Å²) in [6.45, 7) is 5.92. The van der Waals surface area contributed by atoms with Gasteiger partial charge in [0.15, 0.2) is 0 Å². The highest BCUT2D eigenvalue weighted by molar-refractivity contribution is 7.92. The molecule has 0 bridgehead atoms. The number of nitrogens with zero attached hydrogens (tertiary/aromatic N) is 2. The molecule has 2 aromatic rings. The second-order valence-corrected chi connectivity index (χ2v) is 7.79. The molecule has 24 heavy (non-hydrogen) atoms. The van der Waals surface area contributed by atoms with E-state index in [0.29, 0.717) is 12.2 Å². The molecule has 7 heteroatoms. The molecule has 0 fully saturated rings. The normalized spacial score (nSPS) is 12.8. The smallest absolute Gasteiger partial charge is 0.242 e. The Kier molecular flexibility index (Phi) is 5.77. The molecular formula is C17H23N3O3S. The Morgan fingerprint density at radius 3 is 2.50 bits per heavy atom. The van der Waals surface area contributed by atoms with E-state index in [1.807, 2.05) is 26.0 Å². The van der Waals surface area contributed by atoms with E-state index >= 15 is 0 Å². The van der Waals surface area contributed by atoms with Crippen LogP contribution in [0.3, 0.4) is 0 Å². The fourth-order valence-corrected chi connectivity index (χ4v) is 3.67. The van der Waals surface area contributed by atoms with E-state index in [1.54, 1.807) is 22.9 Å². The maximum Gasteiger partial charge on any atom is 0.242 e. The van der Waals surface area contributed by atoms with E-state index < -0.39 is 21.0 Å². The summed E-state index contributed by atoms with van der Waals surface area (Å²) < 4.78 is 26.9. The molecule has 0 aliphatic rings. The number of imidazole rings is 1. The zero-order chi connectivity index (χ0) is 17.7. The van der Waals surface area contributed by atoms with Gasteiger partial charge < -0.3 is 9.88 Å². The highest BCUT2D eigenvalue weighted by Gasteiger charge is 2.33. The number of aryl methyl sites for hydroxylation is 2. The van der Waals surface area contributed by atoms with E-state index in [0.717, 1.165) is 18.4 Å². The molecule has 2 rings (SSSR count). The van der Waals surface area contributed by atoms with E-state index in [-0.39, 0.29) is 5.16 Å². The number of anilines is 1. The fourth-order valence-electron chi connectivity index (χ4n) is 2.33. The van der Waals surface area contributed by atoms with Crippen LogP contribution in [0.25, 0.3) is 0 Å². The van der Waals surface area contributed by atoms with E-state index in [2.05, 4.69) is 10.3 Å². The Balaban J connectivity index is 2.17. The number of hydrogen-bond acceptors (Lipinski definition) is 4. The van der Waals surface area contributed by atoms with Gasteiger partial charge >= 0.3 is 0 Å². The van der Waals surface area contributed by atoms with Gasteiger partial charge in [0, 0.05) is 24.6 Å². The van der Waals surface area contributed by atoms with Crippen LogP contribution in [0.4, 0.5) is 5.69 Å². The van der Waals surface area contributed by atoms with Crippen LogP contribution in [-0.4, -0.2) is 29.1 Å². The van der Waals surface area contributed by atoms with Gasteiger partial charge in [-0.3, -0.25) is 4.79 Å². The first kappa shape index (κ1) is 18.2. The van der Waals surface area contributed by atoms with Crippen LogP contribution in [0.2, 0.25) is 0 Å². The average molecular weight is 349 g/mol. The van der Waals surface area contributed by atoms with Gasteiger partial charge in [0.05, 0.1) is 0 Å². The topological polar surface area (TPSA) is 81.1 Å². The summed E-state index contributed by atoms with van der Waals surface area (Å²) in [4.78, 5) is 16.3. The summed E-state index contributed by atoms with van der Waals surface area (Å²) in [5.74, 6) is -0.565. The molecule has 0 saturated carbocycles. The van der Waals surface area contributed by atoms with Crippen LogP contribution < -0.4 is 5.32 Å². The molecule has 1 aromatic carbocycles. The minimum atomic E-state index is -3.84. The Labute approximate surface area is 142 Å². The number of aromatic nitrogens is 2. The lowest BCUT2D eigenvalue weighted by Gasteiger charge is -2.14. The van der Waals surface area contributed by atoms with Gasteiger partial charge in [-0.2, -0.15) is 0 Å². The van der Waals surface area contributed by atoms with Crippen molar-refractivity contribution in [3.05, 3.63) is 42.2 Å². The molecule has 1 amide bonds. The summed E-state index contributed by atoms with van der Waals surface area (Å²) in [5, 5.41) is 1.37. The van der Waals surface area contributed by atoms with Gasteiger partial charge in [-0.1, -0.05) is 26.0 Å². The molecule has 0 aliphatic carbocycles. The minimum Gasteiger partial charge on any atom is -0.325 e. The van der Waals surface area contributed by atoms with Crippen molar-refractivity contribution in [2.45, 2.75) is 50.6 Å². The number of hydrogen-bond donors (Lipinski definition) is 1. The number of amides is 1. The Morgan fingerprint density at radius 1 is 1.25 bits per heavy atom. The van der Waals surface area contributed by atoms with Gasteiger partial charge in [-0.15, -0.1) is 0 Å². The zero-order valence-electron chi connectivity index (χ0n) is 14.2. The number of rotatable bonds is 7. The quantitative estimate of drug-likeness (QED) is 0.833. The molecular weight excluding hydrogens is 326 g/mol. The molecule has 6 nitrogen and oxygen atoms in total. The van der Waals surface area contributed by atoms with Crippen LogP contribution >= 0.6 is 0 Å². The van der Waals surface area contributed by atoms with Crippen molar-refractivity contribution in [3.63, 3.8) is 0 Å². The average Bonchev–Trinajstić information content (AvgIpc) is 3.04. The van der Waals surface area contributed by atoms with Crippen LogP contribution in [0.1, 0.15) is 32.8 Å². The van der Waals surface area contributed by atoms with Gasteiger partial charge in [0.25, 0.3) is 0 Å². The number of sulfone groups is 1. The Hall–Kier alpha value is -2.15. The van der Waals surface area contributed by atoms with Crippen LogP contribution in [0, 0.1) is 0 Å². The summed E-state index contributed by atoms with van der Waals surface area (Å²) in [6, 6.07) is 7.35. The minimum absolute atomic E-state index is 0.0617. The molecule has 0 spiro atoms. The Bertz CT molecular complexity index is 795. The standard InChI is InChI=1S/C17H23N3O3S/c1-4-11-20-12-10-18-17(20)24(22,23)13(3)16(21)19-15-8-6-14(5-2)7-9-15/h6-10,12-13H,4-5,11H2,1-3H3,(H,19,21)/t13-/m0/s1. The lowest BCUT2D eigenvalue weighted by molar-refractivity contribution is -0.115. The molecule has 0 aliphatic heterocycles. The third kappa shape index (κ3) is 3.84. The van der Waals surface area contributed by atoms with Crippen LogP contribution in [-0.2, 0) is 27.6 Å². The fraction of sp³-hybridized carbons (Fsp3) is 0.412. The predicted octanol–water partition coefficient (Wildman–Crippen LogP) is 2.66. The third-order valence-corrected chi connectivity index (χ3v) is 5.85. The summed E-state index contributed by atoms with van der Waals surface area (Å²) >= 11 is 0. The molecule has 0 unspecified atom stereocenters. The highest BCUT2D eigenvalue weighted by Crippen LogP contribution is 2.17. The lowest BCUT2D eigenvalue weighted by Crippen LogP contribution is -2.34. The number of carbonyl (C=O) groups is 1. The van der Waals surface area contributed by atoms with Crippen molar-refractivity contribution in [2.75, 3.05) is 5.32 Å². The monoisotopic (exact) mass is 349 g/mol. The van der Waals surface area contributed by atoms with Crippen molar-refractivity contribution in [1.82, 2.24) is 9.55 Å². The summed E-state index contributed by atoms with van der Waals surface area (Å²) in [6.07, 6.45) is 4.74. The van der Waals surface area contributed by atoms with Crippen molar-refractivity contribution >= 4 is 21.4 Å². The number of benzene rings is 1. The molecule has 1 aromatic heterocycles. The van der Waals surface area contributed by atoms with Gasteiger partial charge in [0.1, 0.15) is 5.25 Å². The van der Waals surface area contributed by atoms with Crippen molar-refractivity contribution in [2.24, 2.45) is 0 Å². The van der Waals surface area contributed by atoms with E-state index in [1.165, 1.54) is 13.1 Å². The molecule has 0 saturated heterocycles. The van der Waals surface area contributed by atoms with E-state index in [4.69, 9.17) is 0 Å². The maximum absolute atomic E-state index is 12.7. The molecule has 130 valence electrons. The van der Waals surface area contributed by atoms with Crippen LogP contribution in [0.5, 0.6) is 0 Å². The van der Waals surface area contributed by atoms with Crippen LogP contribution in [0.15, 0.2) is 41.8 Å². The summed E-state index contributed by atoms with van der Waals surface area (Å²) in [7, 11) is -3.84. The van der Waals surface area contributed by atoms with Gasteiger partial charge in [-0.05, 0) is 37.5 Å². The lowest BCUT2D eigenvalue weighted by atomic mass is 10.1. The largest absolute Gasteiger partial charge is 0.325 e. The SMILES string of the molecule is CCCn1ccnc1S(=O)(=O)[C@@H](C)C(=O)Nc1ccc(CC)cc1. The van der Waals surface area contributed by atoms with Gasteiger partial charge in [0.2, 0.25) is 20.9 Å². The second kappa shape index (κ2) is 7.61. The zero-order valence-corrected chi connectivity index (χ0v) is 15.0. The first-order valence-electron chi connectivity index (χ1n) is 8.05. The first-order chi connectivity index (χ1) is 11.4.